The van der Waals surface area contributed by atoms with E-state index in [-0.39, 0.29) is 12.0 Å². The Labute approximate surface area is 126 Å². The zero-order valence-electron chi connectivity index (χ0n) is 12.9. The first-order chi connectivity index (χ1) is 10.2. The molecule has 0 radical (unpaired) electrons. The largest absolute Gasteiger partial charge is 0.366 e. The number of carbonyl (C=O) groups excluding carboxylic acids is 1. The van der Waals surface area contributed by atoms with E-state index in [1.54, 1.807) is 0 Å². The molecule has 1 fully saturated rings. The number of benzene rings is 1. The molecule has 0 saturated carbocycles. The topological polar surface area (TPSA) is 53.6 Å². The summed E-state index contributed by atoms with van der Waals surface area (Å²) in [5.74, 6) is -0.0433. The molecule has 5 nitrogen and oxygen atoms in total. The summed E-state index contributed by atoms with van der Waals surface area (Å²) in [5.41, 5.74) is 2.39. The van der Waals surface area contributed by atoms with Crippen molar-refractivity contribution in [1.29, 1.82) is 0 Å². The third-order valence-corrected chi connectivity index (χ3v) is 3.67. The Morgan fingerprint density at radius 2 is 2.29 bits per heavy atom. The molecule has 0 aromatic heterocycles. The molecule has 1 unspecified atom stereocenters. The van der Waals surface area contributed by atoms with Gasteiger partial charge in [-0.25, -0.2) is 0 Å². The van der Waals surface area contributed by atoms with Gasteiger partial charge in [0.1, 0.15) is 6.10 Å². The minimum absolute atomic E-state index is 0.0433. The summed E-state index contributed by atoms with van der Waals surface area (Å²) in [6.07, 6.45) is -0.367. The molecule has 1 aliphatic rings. The molecule has 1 saturated heterocycles. The van der Waals surface area contributed by atoms with Crippen LogP contribution in [0, 0.1) is 0 Å². The Balaban J connectivity index is 1.84. The summed E-state index contributed by atoms with van der Waals surface area (Å²) in [4.78, 5) is 14.2. The number of ether oxygens (including phenoxy) is 1. The van der Waals surface area contributed by atoms with E-state index in [1.807, 2.05) is 12.1 Å². The summed E-state index contributed by atoms with van der Waals surface area (Å²) in [6.45, 7) is 6.63. The van der Waals surface area contributed by atoms with E-state index in [9.17, 15) is 4.79 Å². The Kier molecular flexibility index (Phi) is 6.17. The highest BCUT2D eigenvalue weighted by molar-refractivity contribution is 5.81. The van der Waals surface area contributed by atoms with Gasteiger partial charge in [-0.1, -0.05) is 31.2 Å². The molecular weight excluding hydrogens is 266 g/mol. The fourth-order valence-electron chi connectivity index (χ4n) is 2.30. The summed E-state index contributed by atoms with van der Waals surface area (Å²) in [7, 11) is 2.10. The van der Waals surface area contributed by atoms with Crippen LogP contribution in [0.25, 0.3) is 0 Å². The van der Waals surface area contributed by atoms with E-state index >= 15 is 0 Å². The average molecular weight is 291 g/mol. The van der Waals surface area contributed by atoms with Crippen LogP contribution in [0.15, 0.2) is 24.3 Å². The number of morpholine rings is 1. The molecule has 116 valence electrons. The minimum Gasteiger partial charge on any atom is -0.366 e. The highest BCUT2D eigenvalue weighted by Crippen LogP contribution is 2.08. The number of hydrogen-bond acceptors (Lipinski definition) is 4. The van der Waals surface area contributed by atoms with Crippen molar-refractivity contribution in [3.63, 3.8) is 0 Å². The number of nitrogens with zero attached hydrogens (tertiary/aromatic N) is 1. The van der Waals surface area contributed by atoms with Crippen molar-refractivity contribution in [2.45, 2.75) is 26.1 Å². The molecule has 1 aromatic rings. The van der Waals surface area contributed by atoms with Crippen molar-refractivity contribution in [3.05, 3.63) is 35.4 Å². The van der Waals surface area contributed by atoms with Crippen molar-refractivity contribution >= 4 is 5.91 Å². The van der Waals surface area contributed by atoms with Gasteiger partial charge in [-0.2, -0.15) is 0 Å². The van der Waals surface area contributed by atoms with Crippen LogP contribution in [0.2, 0.25) is 0 Å². The van der Waals surface area contributed by atoms with Gasteiger partial charge < -0.3 is 20.3 Å². The number of hydrogen-bond donors (Lipinski definition) is 2. The second-order valence-corrected chi connectivity index (χ2v) is 5.43. The second-order valence-electron chi connectivity index (χ2n) is 5.43. The monoisotopic (exact) mass is 291 g/mol. The van der Waals surface area contributed by atoms with Crippen LogP contribution in [-0.4, -0.2) is 50.2 Å². The molecule has 0 aliphatic carbocycles. The molecule has 1 heterocycles. The van der Waals surface area contributed by atoms with E-state index in [4.69, 9.17) is 4.74 Å². The smallest absolute Gasteiger partial charge is 0.250 e. The van der Waals surface area contributed by atoms with Crippen LogP contribution >= 0.6 is 0 Å². The summed E-state index contributed by atoms with van der Waals surface area (Å²) >= 11 is 0. The van der Waals surface area contributed by atoms with Crippen LogP contribution in [0.4, 0.5) is 0 Å². The molecule has 21 heavy (non-hydrogen) atoms. The minimum atomic E-state index is -0.367. The standard InChI is InChI=1S/C16H25N3O2/c1-3-19(2)12-14-6-4-5-13(9-14)10-18-16(20)15-11-17-7-8-21-15/h4-6,9,15,17H,3,7-8,10-12H2,1-2H3,(H,18,20). The first-order valence-corrected chi connectivity index (χ1v) is 7.55. The quantitative estimate of drug-likeness (QED) is 0.812. The Morgan fingerprint density at radius 3 is 3.00 bits per heavy atom. The van der Waals surface area contributed by atoms with E-state index in [1.165, 1.54) is 5.56 Å². The summed E-state index contributed by atoms with van der Waals surface area (Å²) in [6, 6.07) is 8.34. The average Bonchev–Trinajstić information content (AvgIpc) is 2.53. The van der Waals surface area contributed by atoms with Gasteiger partial charge >= 0.3 is 0 Å². The van der Waals surface area contributed by atoms with Gasteiger partial charge in [-0.05, 0) is 24.7 Å². The lowest BCUT2D eigenvalue weighted by Crippen LogP contribution is -2.47. The van der Waals surface area contributed by atoms with Gasteiger partial charge in [0.15, 0.2) is 0 Å². The lowest BCUT2D eigenvalue weighted by atomic mass is 10.1. The van der Waals surface area contributed by atoms with Crippen molar-refractivity contribution < 1.29 is 9.53 Å². The Hall–Kier alpha value is -1.43. The van der Waals surface area contributed by atoms with Gasteiger partial charge in [0.25, 0.3) is 5.91 Å². The van der Waals surface area contributed by atoms with Crippen molar-refractivity contribution in [3.8, 4) is 0 Å². The zero-order chi connectivity index (χ0) is 15.1. The van der Waals surface area contributed by atoms with E-state index in [0.717, 1.165) is 25.2 Å². The Morgan fingerprint density at radius 1 is 1.48 bits per heavy atom. The van der Waals surface area contributed by atoms with Gasteiger partial charge in [0, 0.05) is 26.2 Å². The molecule has 1 atom stereocenters. The van der Waals surface area contributed by atoms with Crippen LogP contribution in [0.3, 0.4) is 0 Å². The van der Waals surface area contributed by atoms with Crippen molar-refractivity contribution in [1.82, 2.24) is 15.5 Å². The molecule has 2 rings (SSSR count). The lowest BCUT2D eigenvalue weighted by Gasteiger charge is -2.22. The van der Waals surface area contributed by atoms with Crippen molar-refractivity contribution in [2.75, 3.05) is 33.3 Å². The number of nitrogens with one attached hydrogen (secondary N) is 2. The Bertz CT molecular complexity index is 459. The SMILES string of the molecule is CCN(C)Cc1cccc(CNC(=O)C2CNCCO2)c1. The predicted molar refractivity (Wildman–Crippen MR) is 82.9 cm³/mol. The normalized spacial score (nSPS) is 18.7. The highest BCUT2D eigenvalue weighted by atomic mass is 16.5. The number of amides is 1. The zero-order valence-corrected chi connectivity index (χ0v) is 12.9. The van der Waals surface area contributed by atoms with E-state index in [2.05, 4.69) is 41.6 Å². The van der Waals surface area contributed by atoms with Gasteiger partial charge in [0.2, 0.25) is 0 Å². The van der Waals surface area contributed by atoms with Crippen molar-refractivity contribution in [2.24, 2.45) is 0 Å². The van der Waals surface area contributed by atoms with Gasteiger partial charge in [-0.3, -0.25) is 4.79 Å². The highest BCUT2D eigenvalue weighted by Gasteiger charge is 2.21. The molecule has 0 spiro atoms. The van der Waals surface area contributed by atoms with E-state index in [0.29, 0.717) is 19.7 Å². The predicted octanol–water partition coefficient (Wildman–Crippen LogP) is 0.743. The molecule has 2 N–H and O–H groups in total. The second kappa shape index (κ2) is 8.12. The molecule has 1 aliphatic heterocycles. The third kappa shape index (κ3) is 5.12. The van der Waals surface area contributed by atoms with Gasteiger partial charge in [0.05, 0.1) is 6.61 Å². The first kappa shape index (κ1) is 15.9. The fraction of sp³-hybridized carbons (Fsp3) is 0.562. The molecule has 1 amide bonds. The molecular formula is C16H25N3O2. The van der Waals surface area contributed by atoms with Crippen LogP contribution < -0.4 is 10.6 Å². The number of rotatable bonds is 6. The third-order valence-electron chi connectivity index (χ3n) is 3.67. The summed E-state index contributed by atoms with van der Waals surface area (Å²) in [5, 5.41) is 6.11. The van der Waals surface area contributed by atoms with Crippen LogP contribution in [0.5, 0.6) is 0 Å². The lowest BCUT2D eigenvalue weighted by molar-refractivity contribution is -0.134. The molecule has 1 aromatic carbocycles. The molecule has 0 bridgehead atoms. The van der Waals surface area contributed by atoms with Crippen LogP contribution in [-0.2, 0) is 22.6 Å². The maximum Gasteiger partial charge on any atom is 0.250 e. The fourth-order valence-corrected chi connectivity index (χ4v) is 2.30. The van der Waals surface area contributed by atoms with E-state index < -0.39 is 0 Å². The summed E-state index contributed by atoms with van der Waals surface area (Å²) < 4.78 is 5.44. The first-order valence-electron chi connectivity index (χ1n) is 7.55. The maximum atomic E-state index is 12.0. The molecule has 5 heteroatoms. The number of carbonyl (C=O) groups is 1. The van der Waals surface area contributed by atoms with Crippen LogP contribution in [0.1, 0.15) is 18.1 Å². The van der Waals surface area contributed by atoms with Gasteiger partial charge in [-0.15, -0.1) is 0 Å². The maximum absolute atomic E-state index is 12.0.